The Bertz CT molecular complexity index is 1120. The number of hydrogen-bond donors (Lipinski definition) is 1. The van der Waals surface area contributed by atoms with Crippen LogP contribution in [0.1, 0.15) is 30.0 Å². The van der Waals surface area contributed by atoms with Crippen LogP contribution in [0.15, 0.2) is 40.8 Å². The van der Waals surface area contributed by atoms with Crippen molar-refractivity contribution < 1.29 is 33.0 Å². The Labute approximate surface area is 172 Å². The zero-order valence-electron chi connectivity index (χ0n) is 16.8. The molecule has 0 bridgehead atoms. The molecule has 1 aliphatic heterocycles. The van der Waals surface area contributed by atoms with E-state index in [-0.39, 0.29) is 12.6 Å². The average Bonchev–Trinajstić information content (AvgIpc) is 3.32. The van der Waals surface area contributed by atoms with Gasteiger partial charge >= 0.3 is 5.97 Å². The van der Waals surface area contributed by atoms with Gasteiger partial charge in [-0.1, -0.05) is 0 Å². The maximum Gasteiger partial charge on any atom is 0.375 e. The Morgan fingerprint density at radius 2 is 1.93 bits per heavy atom. The van der Waals surface area contributed by atoms with Crippen LogP contribution in [0, 0.1) is 6.92 Å². The predicted molar refractivity (Wildman–Crippen MR) is 108 cm³/mol. The van der Waals surface area contributed by atoms with Gasteiger partial charge in [0.1, 0.15) is 11.3 Å². The van der Waals surface area contributed by atoms with Crippen molar-refractivity contribution in [1.82, 2.24) is 0 Å². The van der Waals surface area contributed by atoms with Gasteiger partial charge in [0.2, 0.25) is 12.6 Å². The molecule has 0 spiro atoms. The van der Waals surface area contributed by atoms with E-state index in [1.54, 1.807) is 37.3 Å². The maximum atomic E-state index is 12.6. The number of rotatable bonds is 6. The number of amides is 1. The molecule has 4 rings (SSSR count). The zero-order valence-corrected chi connectivity index (χ0v) is 16.8. The van der Waals surface area contributed by atoms with Gasteiger partial charge in [-0.3, -0.25) is 4.79 Å². The van der Waals surface area contributed by atoms with Crippen LogP contribution in [0.2, 0.25) is 0 Å². The molecule has 3 aromatic rings. The Morgan fingerprint density at radius 3 is 2.73 bits per heavy atom. The van der Waals surface area contributed by atoms with E-state index in [0.717, 1.165) is 5.39 Å². The first-order valence-electron chi connectivity index (χ1n) is 9.53. The Morgan fingerprint density at radius 1 is 1.13 bits per heavy atom. The van der Waals surface area contributed by atoms with E-state index in [1.807, 2.05) is 13.0 Å². The number of ether oxygens (including phenoxy) is 4. The molecule has 0 radical (unpaired) electrons. The highest BCUT2D eigenvalue weighted by atomic mass is 16.7. The number of carbonyl (C=O) groups excluding carboxylic acids is 2. The molecule has 8 heteroatoms. The first-order valence-corrected chi connectivity index (χ1v) is 9.53. The second kappa shape index (κ2) is 7.98. The molecule has 30 heavy (non-hydrogen) atoms. The fraction of sp³-hybridized carbons (Fsp3) is 0.273. The van der Waals surface area contributed by atoms with Crippen molar-refractivity contribution in [2.24, 2.45) is 0 Å². The third kappa shape index (κ3) is 3.76. The number of esters is 1. The number of aryl methyl sites for hydroxylation is 1. The van der Waals surface area contributed by atoms with E-state index in [9.17, 15) is 9.59 Å². The molecule has 1 aromatic heterocycles. The van der Waals surface area contributed by atoms with Crippen molar-refractivity contribution in [2.75, 3.05) is 18.7 Å². The second-order valence-electron chi connectivity index (χ2n) is 6.75. The molecule has 0 unspecified atom stereocenters. The smallest absolute Gasteiger partial charge is 0.375 e. The number of anilines is 1. The van der Waals surface area contributed by atoms with Gasteiger partial charge in [-0.2, -0.15) is 0 Å². The molecule has 1 N–H and O–H groups in total. The van der Waals surface area contributed by atoms with Gasteiger partial charge < -0.3 is 28.7 Å². The fourth-order valence-corrected chi connectivity index (χ4v) is 3.14. The number of nitrogens with one attached hydrogen (secondary N) is 1. The highest BCUT2D eigenvalue weighted by Gasteiger charge is 2.25. The maximum absolute atomic E-state index is 12.6. The van der Waals surface area contributed by atoms with Gasteiger partial charge in [-0.05, 0) is 51.1 Å². The van der Waals surface area contributed by atoms with Crippen LogP contribution >= 0.6 is 0 Å². The lowest BCUT2D eigenvalue weighted by Gasteiger charge is -2.13. The topological polar surface area (TPSA) is 96.2 Å². The highest BCUT2D eigenvalue weighted by molar-refractivity contribution is 5.99. The van der Waals surface area contributed by atoms with E-state index in [1.165, 1.54) is 6.92 Å². The highest BCUT2D eigenvalue weighted by Crippen LogP contribution is 2.34. The second-order valence-corrected chi connectivity index (χ2v) is 6.75. The fourth-order valence-electron chi connectivity index (χ4n) is 3.14. The predicted octanol–water partition coefficient (Wildman–Crippen LogP) is 4.05. The third-order valence-corrected chi connectivity index (χ3v) is 4.70. The summed E-state index contributed by atoms with van der Waals surface area (Å²) in [6.07, 6.45) is -1.03. The van der Waals surface area contributed by atoms with Crippen molar-refractivity contribution in [2.45, 2.75) is 26.9 Å². The number of benzene rings is 2. The van der Waals surface area contributed by atoms with E-state index >= 15 is 0 Å². The molecule has 2 heterocycles. The largest absolute Gasteiger partial charge is 0.494 e. The summed E-state index contributed by atoms with van der Waals surface area (Å²) in [5.41, 5.74) is 1.68. The minimum Gasteiger partial charge on any atom is -0.494 e. The Kier molecular flexibility index (Phi) is 5.22. The van der Waals surface area contributed by atoms with Crippen molar-refractivity contribution >= 4 is 28.5 Å². The molecule has 0 fully saturated rings. The van der Waals surface area contributed by atoms with Crippen molar-refractivity contribution in [1.29, 1.82) is 0 Å². The summed E-state index contributed by atoms with van der Waals surface area (Å²) in [6.45, 7) is 5.82. The molecule has 156 valence electrons. The summed E-state index contributed by atoms with van der Waals surface area (Å²) in [4.78, 5) is 25.0. The number of fused-ring (bicyclic) bond motifs is 2. The summed E-state index contributed by atoms with van der Waals surface area (Å²) in [5, 5.41) is 3.45. The van der Waals surface area contributed by atoms with Gasteiger partial charge in [-0.25, -0.2) is 4.79 Å². The lowest BCUT2D eigenvalue weighted by molar-refractivity contribution is -0.123. The molecule has 8 nitrogen and oxygen atoms in total. The molecule has 0 saturated carbocycles. The zero-order chi connectivity index (χ0) is 21.3. The first-order chi connectivity index (χ1) is 14.5. The molecule has 2 aromatic carbocycles. The lowest BCUT2D eigenvalue weighted by atomic mass is 10.1. The molecule has 0 saturated heterocycles. The van der Waals surface area contributed by atoms with Crippen LogP contribution in [0.5, 0.6) is 17.2 Å². The van der Waals surface area contributed by atoms with Gasteiger partial charge in [0, 0.05) is 22.7 Å². The monoisotopic (exact) mass is 411 g/mol. The van der Waals surface area contributed by atoms with E-state index in [4.69, 9.17) is 23.4 Å². The van der Waals surface area contributed by atoms with Crippen LogP contribution in [-0.4, -0.2) is 31.4 Å². The normalized spacial score (nSPS) is 13.2. The van der Waals surface area contributed by atoms with Crippen LogP contribution < -0.4 is 19.5 Å². The summed E-state index contributed by atoms with van der Waals surface area (Å²) in [7, 11) is 0. The van der Waals surface area contributed by atoms with Gasteiger partial charge in [0.05, 0.1) is 6.61 Å². The van der Waals surface area contributed by atoms with Gasteiger partial charge in [0.15, 0.2) is 17.6 Å². The number of carbonyl (C=O) groups is 2. The standard InChI is InChI=1S/C22H21NO7/c1-4-26-15-6-8-17-16(10-15)12(2)20(30-17)22(25)29-13(3)21(24)23-14-5-7-18-19(9-14)28-11-27-18/h5-10,13H,4,11H2,1-3H3,(H,23,24)/t13-/m0/s1. The summed E-state index contributed by atoms with van der Waals surface area (Å²) in [5.74, 6) is 0.707. The summed E-state index contributed by atoms with van der Waals surface area (Å²) >= 11 is 0. The van der Waals surface area contributed by atoms with E-state index in [2.05, 4.69) is 5.32 Å². The molecule has 1 atom stereocenters. The van der Waals surface area contributed by atoms with E-state index in [0.29, 0.717) is 40.7 Å². The van der Waals surface area contributed by atoms with Gasteiger partial charge in [0.25, 0.3) is 5.91 Å². The van der Waals surface area contributed by atoms with Crippen LogP contribution in [0.25, 0.3) is 11.0 Å². The quantitative estimate of drug-likeness (QED) is 0.611. The van der Waals surface area contributed by atoms with Crippen LogP contribution in [-0.2, 0) is 9.53 Å². The molecule has 0 aliphatic carbocycles. The molecule has 1 aliphatic rings. The average molecular weight is 411 g/mol. The van der Waals surface area contributed by atoms with Crippen LogP contribution in [0.4, 0.5) is 5.69 Å². The SMILES string of the molecule is CCOc1ccc2oc(C(=O)O[C@@H](C)C(=O)Nc3ccc4c(c3)OCO4)c(C)c2c1. The van der Waals surface area contributed by atoms with Crippen molar-refractivity contribution in [3.8, 4) is 17.2 Å². The number of furan rings is 1. The summed E-state index contributed by atoms with van der Waals surface area (Å²) in [6, 6.07) is 10.3. The molecule has 1 amide bonds. The molecular formula is C22H21NO7. The van der Waals surface area contributed by atoms with E-state index < -0.39 is 18.0 Å². The minimum atomic E-state index is -1.03. The Hall–Kier alpha value is -3.68. The number of hydrogen-bond acceptors (Lipinski definition) is 7. The van der Waals surface area contributed by atoms with Crippen molar-refractivity contribution in [3.05, 3.63) is 47.7 Å². The van der Waals surface area contributed by atoms with Gasteiger partial charge in [-0.15, -0.1) is 0 Å². The summed E-state index contributed by atoms with van der Waals surface area (Å²) < 4.78 is 27.0. The first kappa shape index (κ1) is 19.6. The lowest BCUT2D eigenvalue weighted by Crippen LogP contribution is -2.30. The minimum absolute atomic E-state index is 0.0568. The van der Waals surface area contributed by atoms with Crippen LogP contribution in [0.3, 0.4) is 0 Å². The Balaban J connectivity index is 1.45. The molecular weight excluding hydrogens is 390 g/mol. The van der Waals surface area contributed by atoms with Crippen molar-refractivity contribution in [3.63, 3.8) is 0 Å². The third-order valence-electron chi connectivity index (χ3n) is 4.70.